The number of nitrogens with one attached hydrogen (secondary N) is 1. The van der Waals surface area contributed by atoms with E-state index in [4.69, 9.17) is 4.74 Å². The Balaban J connectivity index is 2.09. The zero-order chi connectivity index (χ0) is 15.6. The molecule has 0 bridgehead atoms. The fourth-order valence-corrected chi connectivity index (χ4v) is 2.34. The summed E-state index contributed by atoms with van der Waals surface area (Å²) in [6.07, 6.45) is 0.621. The summed E-state index contributed by atoms with van der Waals surface area (Å²) >= 11 is 0. The molecular formula is C17H26N2O2. The van der Waals surface area contributed by atoms with Crippen LogP contribution in [0.4, 0.5) is 16.2 Å². The molecule has 2 rings (SSSR count). The van der Waals surface area contributed by atoms with Gasteiger partial charge in [-0.3, -0.25) is 4.90 Å². The second-order valence-corrected chi connectivity index (χ2v) is 7.00. The van der Waals surface area contributed by atoms with Gasteiger partial charge in [-0.25, -0.2) is 4.79 Å². The van der Waals surface area contributed by atoms with Gasteiger partial charge in [0.15, 0.2) is 0 Å². The maximum absolute atomic E-state index is 12.2. The standard InChI is InChI=1S/C17H26N2O2/c1-12(2)11-18-14-6-7-15-13(10-14)8-9-19(15)16(20)21-17(3,4)5/h6-7,10,12,18H,8-9,11H2,1-5H3. The van der Waals surface area contributed by atoms with E-state index in [9.17, 15) is 4.79 Å². The van der Waals surface area contributed by atoms with Gasteiger partial charge in [-0.05, 0) is 56.9 Å². The first kappa shape index (κ1) is 15.7. The highest BCUT2D eigenvalue weighted by Crippen LogP contribution is 2.31. The summed E-state index contributed by atoms with van der Waals surface area (Å²) in [5, 5.41) is 3.42. The van der Waals surface area contributed by atoms with Crippen LogP contribution in [0.5, 0.6) is 0 Å². The SMILES string of the molecule is CC(C)CNc1ccc2c(c1)CCN2C(=O)OC(C)(C)C. The van der Waals surface area contributed by atoms with Gasteiger partial charge in [0.1, 0.15) is 5.60 Å². The molecule has 0 aliphatic carbocycles. The molecule has 1 heterocycles. The molecule has 1 aromatic carbocycles. The number of carbonyl (C=O) groups is 1. The number of nitrogens with zero attached hydrogens (tertiary/aromatic N) is 1. The van der Waals surface area contributed by atoms with E-state index in [0.29, 0.717) is 12.5 Å². The van der Waals surface area contributed by atoms with Crippen LogP contribution >= 0.6 is 0 Å². The Morgan fingerprint density at radius 3 is 2.71 bits per heavy atom. The average Bonchev–Trinajstić information content (AvgIpc) is 2.77. The van der Waals surface area contributed by atoms with Gasteiger partial charge in [0, 0.05) is 18.8 Å². The van der Waals surface area contributed by atoms with Crippen LogP contribution in [0.15, 0.2) is 18.2 Å². The number of benzene rings is 1. The lowest BCUT2D eigenvalue weighted by molar-refractivity contribution is 0.0584. The molecule has 1 amide bonds. The highest BCUT2D eigenvalue weighted by Gasteiger charge is 2.28. The van der Waals surface area contributed by atoms with E-state index in [2.05, 4.69) is 25.2 Å². The molecule has 1 aliphatic rings. The van der Waals surface area contributed by atoms with Crippen molar-refractivity contribution in [3.8, 4) is 0 Å². The van der Waals surface area contributed by atoms with Crippen molar-refractivity contribution >= 4 is 17.5 Å². The van der Waals surface area contributed by atoms with Crippen LogP contribution in [0, 0.1) is 5.92 Å². The molecule has 0 atom stereocenters. The number of fused-ring (bicyclic) bond motifs is 1. The molecule has 0 unspecified atom stereocenters. The second kappa shape index (κ2) is 5.96. The molecule has 4 heteroatoms. The lowest BCUT2D eigenvalue weighted by atomic mass is 10.1. The molecule has 1 aromatic rings. The molecule has 0 saturated heterocycles. The van der Waals surface area contributed by atoms with Gasteiger partial charge in [-0.1, -0.05) is 13.8 Å². The van der Waals surface area contributed by atoms with Gasteiger partial charge in [0.25, 0.3) is 0 Å². The predicted octanol–water partition coefficient (Wildman–Crippen LogP) is 4.05. The van der Waals surface area contributed by atoms with E-state index < -0.39 is 5.60 Å². The van der Waals surface area contributed by atoms with Crippen molar-refractivity contribution < 1.29 is 9.53 Å². The first-order valence-corrected chi connectivity index (χ1v) is 7.63. The van der Waals surface area contributed by atoms with Crippen molar-refractivity contribution in [2.45, 2.75) is 46.6 Å². The predicted molar refractivity (Wildman–Crippen MR) is 87.1 cm³/mol. The van der Waals surface area contributed by atoms with E-state index in [1.54, 1.807) is 4.90 Å². The zero-order valence-electron chi connectivity index (χ0n) is 13.7. The maximum Gasteiger partial charge on any atom is 0.414 e. The summed E-state index contributed by atoms with van der Waals surface area (Å²) in [6.45, 7) is 11.7. The Labute approximate surface area is 127 Å². The van der Waals surface area contributed by atoms with Gasteiger partial charge in [0.05, 0.1) is 5.69 Å². The topological polar surface area (TPSA) is 41.6 Å². The molecule has 21 heavy (non-hydrogen) atoms. The van der Waals surface area contributed by atoms with Gasteiger partial charge in [-0.2, -0.15) is 0 Å². The Bertz CT molecular complexity index is 518. The minimum atomic E-state index is -0.460. The van der Waals surface area contributed by atoms with Gasteiger partial charge >= 0.3 is 6.09 Å². The third kappa shape index (κ3) is 4.13. The molecule has 1 aliphatic heterocycles. The molecule has 4 nitrogen and oxygen atoms in total. The lowest BCUT2D eigenvalue weighted by Gasteiger charge is -2.24. The Morgan fingerprint density at radius 1 is 1.38 bits per heavy atom. The summed E-state index contributed by atoms with van der Waals surface area (Å²) in [5.41, 5.74) is 2.83. The number of anilines is 2. The third-order valence-electron chi connectivity index (χ3n) is 3.30. The quantitative estimate of drug-likeness (QED) is 0.913. The van der Waals surface area contributed by atoms with Crippen molar-refractivity contribution in [2.24, 2.45) is 5.92 Å². The van der Waals surface area contributed by atoms with E-state index in [0.717, 1.165) is 24.3 Å². The largest absolute Gasteiger partial charge is 0.443 e. The summed E-state index contributed by atoms with van der Waals surface area (Å²) in [6, 6.07) is 6.18. The van der Waals surface area contributed by atoms with Crippen molar-refractivity contribution in [3.05, 3.63) is 23.8 Å². The summed E-state index contributed by atoms with van der Waals surface area (Å²) < 4.78 is 5.46. The van der Waals surface area contributed by atoms with Crippen LogP contribution in [-0.4, -0.2) is 24.8 Å². The van der Waals surface area contributed by atoms with Crippen molar-refractivity contribution in [2.75, 3.05) is 23.3 Å². The van der Waals surface area contributed by atoms with Crippen LogP contribution < -0.4 is 10.2 Å². The van der Waals surface area contributed by atoms with E-state index in [-0.39, 0.29) is 6.09 Å². The first-order valence-electron chi connectivity index (χ1n) is 7.63. The van der Waals surface area contributed by atoms with Gasteiger partial charge in [-0.15, -0.1) is 0 Å². The van der Waals surface area contributed by atoms with Crippen molar-refractivity contribution in [3.63, 3.8) is 0 Å². The van der Waals surface area contributed by atoms with Crippen LogP contribution in [0.25, 0.3) is 0 Å². The first-order chi connectivity index (χ1) is 9.76. The van der Waals surface area contributed by atoms with Crippen molar-refractivity contribution in [1.29, 1.82) is 0 Å². The highest BCUT2D eigenvalue weighted by atomic mass is 16.6. The molecule has 1 N–H and O–H groups in total. The van der Waals surface area contributed by atoms with Crippen LogP contribution in [0.1, 0.15) is 40.2 Å². The van der Waals surface area contributed by atoms with Crippen LogP contribution in [0.2, 0.25) is 0 Å². The maximum atomic E-state index is 12.2. The molecule has 0 fully saturated rings. The Kier molecular flexibility index (Phi) is 4.45. The van der Waals surface area contributed by atoms with Crippen LogP contribution in [-0.2, 0) is 11.2 Å². The van der Waals surface area contributed by atoms with Crippen molar-refractivity contribution in [1.82, 2.24) is 0 Å². The van der Waals surface area contributed by atoms with Gasteiger partial charge in [0.2, 0.25) is 0 Å². The zero-order valence-corrected chi connectivity index (χ0v) is 13.7. The Hall–Kier alpha value is -1.71. The average molecular weight is 290 g/mol. The Morgan fingerprint density at radius 2 is 2.10 bits per heavy atom. The number of hydrogen-bond donors (Lipinski definition) is 1. The lowest BCUT2D eigenvalue weighted by Crippen LogP contribution is -2.35. The number of rotatable bonds is 3. The van der Waals surface area contributed by atoms with Gasteiger partial charge < -0.3 is 10.1 Å². The molecule has 116 valence electrons. The second-order valence-electron chi connectivity index (χ2n) is 7.00. The van der Waals surface area contributed by atoms with E-state index in [1.807, 2.05) is 32.9 Å². The number of ether oxygens (including phenoxy) is 1. The monoisotopic (exact) mass is 290 g/mol. The number of hydrogen-bond acceptors (Lipinski definition) is 3. The number of carbonyl (C=O) groups excluding carboxylic acids is 1. The fourth-order valence-electron chi connectivity index (χ4n) is 2.34. The minimum Gasteiger partial charge on any atom is -0.443 e. The summed E-state index contributed by atoms with van der Waals surface area (Å²) in [4.78, 5) is 13.9. The summed E-state index contributed by atoms with van der Waals surface area (Å²) in [7, 11) is 0. The normalized spacial score (nSPS) is 14.3. The highest BCUT2D eigenvalue weighted by molar-refractivity contribution is 5.91. The minimum absolute atomic E-state index is 0.260. The molecule has 0 saturated carbocycles. The number of amides is 1. The third-order valence-corrected chi connectivity index (χ3v) is 3.30. The van der Waals surface area contributed by atoms with E-state index in [1.165, 1.54) is 5.56 Å². The molecule has 0 aromatic heterocycles. The van der Waals surface area contributed by atoms with E-state index >= 15 is 0 Å². The smallest absolute Gasteiger partial charge is 0.414 e. The molecular weight excluding hydrogens is 264 g/mol. The van der Waals surface area contributed by atoms with Crippen LogP contribution in [0.3, 0.4) is 0 Å². The summed E-state index contributed by atoms with van der Waals surface area (Å²) in [5.74, 6) is 0.608. The fraction of sp³-hybridized carbons (Fsp3) is 0.588. The molecule has 0 radical (unpaired) electrons. The molecule has 0 spiro atoms.